The molecule has 0 spiro atoms. The van der Waals surface area contributed by atoms with Gasteiger partial charge in [-0.1, -0.05) is 6.58 Å². The number of fused-ring (bicyclic) bond motifs is 3. The molecule has 12 heteroatoms. The molecule has 0 fully saturated rings. The summed E-state index contributed by atoms with van der Waals surface area (Å²) in [5, 5.41) is 10.5. The van der Waals surface area contributed by atoms with Gasteiger partial charge in [0.25, 0.3) is 0 Å². The van der Waals surface area contributed by atoms with Gasteiger partial charge in [0, 0.05) is 71.3 Å². The van der Waals surface area contributed by atoms with Crippen molar-refractivity contribution >= 4 is 33.2 Å². The zero-order chi connectivity index (χ0) is 32.1. The van der Waals surface area contributed by atoms with Crippen molar-refractivity contribution in [3.63, 3.8) is 0 Å². The molecule has 234 valence electrons. The Morgan fingerprint density at radius 2 is 1.98 bits per heavy atom. The monoisotopic (exact) mass is 640 g/mol. The largest absolute Gasteiger partial charge is 0.490 e. The number of carbonyl (C=O) groups excluding carboxylic acids is 2. The van der Waals surface area contributed by atoms with Crippen LogP contribution >= 0.6 is 11.3 Å². The van der Waals surface area contributed by atoms with Gasteiger partial charge in [-0.2, -0.15) is 5.10 Å². The zero-order valence-electron chi connectivity index (χ0n) is 25.3. The van der Waals surface area contributed by atoms with Crippen molar-refractivity contribution in [1.29, 1.82) is 0 Å². The Hall–Kier alpha value is -4.97. The molecule has 9 nitrogen and oxygen atoms in total. The summed E-state index contributed by atoms with van der Waals surface area (Å²) in [4.78, 5) is 35.8. The maximum absolute atomic E-state index is 16.0. The molecular weight excluding hydrogens is 610 g/mol. The van der Waals surface area contributed by atoms with Crippen LogP contribution in [-0.2, 0) is 35.5 Å². The molecule has 0 saturated heterocycles. The molecule has 1 aromatic carbocycles. The Labute approximate surface area is 267 Å². The highest BCUT2D eigenvalue weighted by Gasteiger charge is 2.28. The molecule has 0 atom stereocenters. The standard InChI is InChI=1S/C34H30F2N6O3S/c1-4-29(44)41-7-5-22-14-26(40-42(22)9-8-41)33-31(30-24(36)12-21(35)13-27(30)45-18(2)3)34-23(6-10-46-34)32(39-33)20-11-19-16-38-28(43)15-25(19)37-17-20/h4,6,10-14,17-18H,1,5,7-9,15-16H2,2-3H3,(H,38,43). The molecule has 2 aliphatic heterocycles. The van der Waals surface area contributed by atoms with E-state index in [0.29, 0.717) is 55.2 Å². The minimum absolute atomic E-state index is 0.0727. The number of hydrogen-bond donors (Lipinski definition) is 1. The van der Waals surface area contributed by atoms with Gasteiger partial charge in [0.15, 0.2) is 0 Å². The van der Waals surface area contributed by atoms with E-state index in [4.69, 9.17) is 14.8 Å². The lowest BCUT2D eigenvalue weighted by atomic mass is 9.96. The number of ether oxygens (including phenoxy) is 1. The van der Waals surface area contributed by atoms with E-state index < -0.39 is 11.6 Å². The molecule has 0 aliphatic carbocycles. The highest BCUT2D eigenvalue weighted by Crippen LogP contribution is 2.47. The van der Waals surface area contributed by atoms with Gasteiger partial charge in [-0.25, -0.2) is 13.8 Å². The number of carbonyl (C=O) groups is 2. The summed E-state index contributed by atoms with van der Waals surface area (Å²) in [5.41, 5.74) is 5.38. The molecule has 0 unspecified atom stereocenters. The summed E-state index contributed by atoms with van der Waals surface area (Å²) in [6, 6.07) is 7.88. The van der Waals surface area contributed by atoms with Gasteiger partial charge < -0.3 is 15.0 Å². The van der Waals surface area contributed by atoms with Crippen LogP contribution in [0.5, 0.6) is 5.75 Å². The quantitative estimate of drug-likeness (QED) is 0.239. The Balaban J connectivity index is 1.46. The first-order valence-electron chi connectivity index (χ1n) is 15.0. The molecule has 5 aromatic rings. The number of hydrogen-bond acceptors (Lipinski definition) is 7. The smallest absolute Gasteiger partial charge is 0.246 e. The van der Waals surface area contributed by atoms with Crippen molar-refractivity contribution in [2.24, 2.45) is 0 Å². The molecule has 0 radical (unpaired) electrons. The van der Waals surface area contributed by atoms with Crippen LogP contribution in [0, 0.1) is 11.6 Å². The van der Waals surface area contributed by atoms with Crippen LogP contribution in [0.4, 0.5) is 8.78 Å². The number of thiophene rings is 1. The van der Waals surface area contributed by atoms with Crippen molar-refractivity contribution in [2.45, 2.75) is 45.9 Å². The van der Waals surface area contributed by atoms with Crippen LogP contribution in [0.3, 0.4) is 0 Å². The number of nitrogens with zero attached hydrogens (tertiary/aromatic N) is 5. The molecular formula is C34H30F2N6O3S. The Bertz CT molecular complexity index is 2030. The average molecular weight is 641 g/mol. The molecule has 6 heterocycles. The van der Waals surface area contributed by atoms with Gasteiger partial charge >= 0.3 is 0 Å². The second-order valence-electron chi connectivity index (χ2n) is 11.6. The van der Waals surface area contributed by atoms with E-state index in [-0.39, 0.29) is 35.7 Å². The van der Waals surface area contributed by atoms with E-state index in [9.17, 15) is 14.0 Å². The Morgan fingerprint density at radius 1 is 1.13 bits per heavy atom. The summed E-state index contributed by atoms with van der Waals surface area (Å²) in [6.07, 6.45) is 3.44. The SMILES string of the molecule is C=CC(=O)N1CCc2cc(-c3nc(-c4cnc5c(c4)CNC(=O)C5)c4ccsc4c3-c3c(F)cc(F)cc3OC(C)C)nn2CC1. The van der Waals surface area contributed by atoms with Crippen LogP contribution in [0.25, 0.3) is 43.9 Å². The molecule has 7 rings (SSSR count). The number of halogens is 2. The predicted molar refractivity (Wildman–Crippen MR) is 171 cm³/mol. The van der Waals surface area contributed by atoms with E-state index in [1.807, 2.05) is 28.3 Å². The second kappa shape index (κ2) is 11.8. The van der Waals surface area contributed by atoms with Crippen LogP contribution < -0.4 is 10.1 Å². The molecule has 2 aliphatic rings. The first kappa shape index (κ1) is 29.7. The van der Waals surface area contributed by atoms with Crippen molar-refractivity contribution in [2.75, 3.05) is 13.1 Å². The fourth-order valence-corrected chi connectivity index (χ4v) is 7.03. The summed E-state index contributed by atoms with van der Waals surface area (Å²) >= 11 is 1.42. The lowest BCUT2D eigenvalue weighted by molar-refractivity contribution is -0.126. The molecule has 2 amide bonds. The number of aromatic nitrogens is 4. The highest BCUT2D eigenvalue weighted by molar-refractivity contribution is 7.18. The first-order chi connectivity index (χ1) is 22.2. The molecule has 1 N–H and O–H groups in total. The van der Waals surface area contributed by atoms with Gasteiger partial charge in [0.2, 0.25) is 11.8 Å². The molecule has 4 aromatic heterocycles. The Kier molecular flexibility index (Phi) is 7.59. The lowest BCUT2D eigenvalue weighted by Gasteiger charge is -2.20. The van der Waals surface area contributed by atoms with Crippen LogP contribution in [0.2, 0.25) is 0 Å². The topological polar surface area (TPSA) is 102 Å². The second-order valence-corrected chi connectivity index (χ2v) is 12.5. The van der Waals surface area contributed by atoms with E-state index in [0.717, 1.165) is 38.7 Å². The van der Waals surface area contributed by atoms with Crippen LogP contribution in [-0.4, -0.2) is 55.7 Å². The van der Waals surface area contributed by atoms with Gasteiger partial charge in [0.05, 0.1) is 36.0 Å². The zero-order valence-corrected chi connectivity index (χ0v) is 26.1. The third-order valence-corrected chi connectivity index (χ3v) is 9.12. The maximum atomic E-state index is 16.0. The third-order valence-electron chi connectivity index (χ3n) is 8.19. The number of pyridine rings is 2. The summed E-state index contributed by atoms with van der Waals surface area (Å²) in [7, 11) is 0. The fourth-order valence-electron chi connectivity index (χ4n) is 6.08. The van der Waals surface area contributed by atoms with Gasteiger partial charge in [-0.3, -0.25) is 19.3 Å². The predicted octanol–water partition coefficient (Wildman–Crippen LogP) is 5.70. The average Bonchev–Trinajstić information content (AvgIpc) is 3.63. The van der Waals surface area contributed by atoms with E-state index >= 15 is 4.39 Å². The third kappa shape index (κ3) is 5.32. The van der Waals surface area contributed by atoms with Crippen LogP contribution in [0.1, 0.15) is 30.8 Å². The first-order valence-corrected chi connectivity index (χ1v) is 15.9. The minimum Gasteiger partial charge on any atom is -0.490 e. The van der Waals surface area contributed by atoms with Gasteiger partial charge in [0.1, 0.15) is 28.8 Å². The fraction of sp³-hybridized carbons (Fsp3) is 0.265. The van der Waals surface area contributed by atoms with E-state index in [1.54, 1.807) is 24.9 Å². The molecule has 0 bridgehead atoms. The number of amides is 2. The number of benzene rings is 1. The number of nitrogens with one attached hydrogen (secondary N) is 1. The summed E-state index contributed by atoms with van der Waals surface area (Å²) < 4.78 is 39.2. The highest BCUT2D eigenvalue weighted by atomic mass is 32.1. The van der Waals surface area contributed by atoms with Crippen molar-refractivity contribution in [1.82, 2.24) is 30.0 Å². The molecule has 0 saturated carbocycles. The summed E-state index contributed by atoms with van der Waals surface area (Å²) in [5.74, 6) is -1.65. The summed E-state index contributed by atoms with van der Waals surface area (Å²) in [6.45, 7) is 9.00. The molecule has 46 heavy (non-hydrogen) atoms. The van der Waals surface area contributed by atoms with Crippen LogP contribution in [0.15, 0.2) is 54.6 Å². The lowest BCUT2D eigenvalue weighted by Crippen LogP contribution is -2.32. The van der Waals surface area contributed by atoms with Crippen molar-refractivity contribution < 1.29 is 23.1 Å². The minimum atomic E-state index is -0.772. The van der Waals surface area contributed by atoms with Gasteiger partial charge in [-0.05, 0) is 49.1 Å². The van der Waals surface area contributed by atoms with Crippen molar-refractivity contribution in [3.05, 3.63) is 83.1 Å². The normalized spacial score (nSPS) is 14.5. The van der Waals surface area contributed by atoms with Crippen molar-refractivity contribution in [3.8, 4) is 39.5 Å². The van der Waals surface area contributed by atoms with E-state index in [2.05, 4.69) is 16.9 Å². The van der Waals surface area contributed by atoms with E-state index in [1.165, 1.54) is 23.5 Å². The number of rotatable bonds is 6. The Morgan fingerprint density at radius 3 is 2.78 bits per heavy atom. The maximum Gasteiger partial charge on any atom is 0.246 e. The van der Waals surface area contributed by atoms with Gasteiger partial charge in [-0.15, -0.1) is 11.3 Å².